The van der Waals surface area contributed by atoms with Gasteiger partial charge in [-0.2, -0.15) is 4.31 Å². The summed E-state index contributed by atoms with van der Waals surface area (Å²) in [6.45, 7) is -0.474. The third-order valence-electron chi connectivity index (χ3n) is 8.08. The Kier molecular flexibility index (Phi) is 14.4. The van der Waals surface area contributed by atoms with Crippen LogP contribution in [0, 0.1) is 0 Å². The molecule has 2 atom stereocenters. The number of rotatable bonds is 18. The summed E-state index contributed by atoms with van der Waals surface area (Å²) in [4.78, 5) is 37.6. The highest BCUT2D eigenvalue weighted by molar-refractivity contribution is 7.89. The number of sulfonamides is 1. The predicted molar refractivity (Wildman–Crippen MR) is 189 cm³/mol. The van der Waals surface area contributed by atoms with Crippen LogP contribution in [0.1, 0.15) is 47.5 Å². The van der Waals surface area contributed by atoms with Crippen LogP contribution in [-0.4, -0.2) is 89.0 Å². The van der Waals surface area contributed by atoms with Gasteiger partial charge in [0.15, 0.2) is 5.76 Å². The molecular weight excluding hydrogens is 680 g/mol. The number of nitrogens with two attached hydrogens (primary N) is 1. The van der Waals surface area contributed by atoms with Crippen LogP contribution in [0.25, 0.3) is 0 Å². The SMILES string of the molecule is COC(=O)c1ccc([C@@H]2C=C(C(=O)NCCCCC(=O)Nc3ccccc3N)O[C@H](OCCN(CCO)S(=O)(=O)c3ccc(OC)cc3)C2)cc1. The minimum Gasteiger partial charge on any atom is -0.497 e. The van der Waals surface area contributed by atoms with Gasteiger partial charge in [-0.05, 0) is 73.0 Å². The highest BCUT2D eigenvalue weighted by Gasteiger charge is 2.30. The van der Waals surface area contributed by atoms with Crippen molar-refractivity contribution < 1.29 is 46.9 Å². The lowest BCUT2D eigenvalue weighted by atomic mass is 9.92. The number of hydrogen-bond donors (Lipinski definition) is 4. The fourth-order valence-electron chi connectivity index (χ4n) is 5.30. The Balaban J connectivity index is 1.38. The maximum Gasteiger partial charge on any atom is 0.337 e. The van der Waals surface area contributed by atoms with Crippen LogP contribution in [0.4, 0.5) is 11.4 Å². The van der Waals surface area contributed by atoms with Gasteiger partial charge in [0.05, 0.1) is 49.3 Å². The number of carbonyl (C=O) groups is 3. The second-order valence-corrected chi connectivity index (χ2v) is 13.5. The number of ether oxygens (including phenoxy) is 4. The summed E-state index contributed by atoms with van der Waals surface area (Å²) >= 11 is 0. The predicted octanol–water partition coefficient (Wildman–Crippen LogP) is 3.40. The van der Waals surface area contributed by atoms with Crippen LogP contribution >= 0.6 is 0 Å². The van der Waals surface area contributed by atoms with Gasteiger partial charge in [0.2, 0.25) is 22.2 Å². The van der Waals surface area contributed by atoms with E-state index in [1.165, 1.54) is 38.5 Å². The van der Waals surface area contributed by atoms with Gasteiger partial charge < -0.3 is 40.4 Å². The van der Waals surface area contributed by atoms with Crippen molar-refractivity contribution in [3.05, 3.63) is 95.8 Å². The minimum atomic E-state index is -3.97. The number of para-hydroxylation sites is 2. The lowest BCUT2D eigenvalue weighted by Crippen LogP contribution is -2.38. The van der Waals surface area contributed by atoms with Gasteiger partial charge in [0, 0.05) is 38.4 Å². The Morgan fingerprint density at radius 3 is 2.37 bits per heavy atom. The molecule has 274 valence electrons. The number of nitrogens with one attached hydrogen (secondary N) is 2. The van der Waals surface area contributed by atoms with E-state index in [1.807, 2.05) is 0 Å². The molecule has 1 aliphatic heterocycles. The highest BCUT2D eigenvalue weighted by Crippen LogP contribution is 2.32. The number of nitrogens with zero attached hydrogens (tertiary/aromatic N) is 1. The molecule has 0 saturated heterocycles. The van der Waals surface area contributed by atoms with Crippen molar-refractivity contribution in [1.29, 1.82) is 0 Å². The Bertz CT molecular complexity index is 1770. The summed E-state index contributed by atoms with van der Waals surface area (Å²) in [5.74, 6) is -0.979. The maximum absolute atomic E-state index is 13.3. The summed E-state index contributed by atoms with van der Waals surface area (Å²) in [5, 5.41) is 15.2. The van der Waals surface area contributed by atoms with Gasteiger partial charge in [0.25, 0.3) is 5.91 Å². The molecular formula is C36H44N4O10S. The van der Waals surface area contributed by atoms with Crippen molar-refractivity contribution in [3.63, 3.8) is 0 Å². The van der Waals surface area contributed by atoms with E-state index < -0.39 is 34.8 Å². The highest BCUT2D eigenvalue weighted by atomic mass is 32.2. The number of aliphatic hydroxyl groups is 1. The number of amides is 2. The molecule has 3 aromatic rings. The number of hydrogen-bond acceptors (Lipinski definition) is 11. The van der Waals surface area contributed by atoms with Crippen LogP contribution < -0.4 is 21.1 Å². The lowest BCUT2D eigenvalue weighted by Gasteiger charge is -2.30. The zero-order valence-corrected chi connectivity index (χ0v) is 29.4. The molecule has 3 aromatic carbocycles. The number of benzene rings is 3. The zero-order chi connectivity index (χ0) is 36.8. The largest absolute Gasteiger partial charge is 0.497 e. The first-order valence-corrected chi connectivity index (χ1v) is 17.9. The first-order chi connectivity index (χ1) is 24.5. The lowest BCUT2D eigenvalue weighted by molar-refractivity contribution is -0.146. The molecule has 1 aliphatic rings. The molecule has 51 heavy (non-hydrogen) atoms. The van der Waals surface area contributed by atoms with Crippen LogP contribution in [0.3, 0.4) is 0 Å². The summed E-state index contributed by atoms with van der Waals surface area (Å²) in [7, 11) is -1.19. The van der Waals surface area contributed by atoms with E-state index in [-0.39, 0.29) is 55.1 Å². The fourth-order valence-corrected chi connectivity index (χ4v) is 6.72. The van der Waals surface area contributed by atoms with E-state index >= 15 is 0 Å². The van der Waals surface area contributed by atoms with Gasteiger partial charge in [-0.15, -0.1) is 0 Å². The van der Waals surface area contributed by atoms with Gasteiger partial charge in [-0.3, -0.25) is 9.59 Å². The molecule has 15 heteroatoms. The second kappa shape index (κ2) is 18.9. The quantitative estimate of drug-likeness (QED) is 0.0853. The number of anilines is 2. The van der Waals surface area contributed by atoms with Crippen molar-refractivity contribution in [3.8, 4) is 5.75 Å². The summed E-state index contributed by atoms with van der Waals surface area (Å²) < 4.78 is 49.6. The monoisotopic (exact) mass is 724 g/mol. The number of methoxy groups -OCH3 is 2. The normalized spacial score (nSPS) is 15.7. The Labute approximate surface area is 297 Å². The standard InChI is InChI=1S/C36H44N4O10S/c1-47-28-14-16-29(17-15-28)51(45,46)40(19-21-41)20-22-49-34-24-27(25-10-12-26(13-11-25)36(44)48-2)23-32(50-34)35(43)38-18-6-5-9-33(42)39-31-8-4-3-7-30(31)37/h3-4,7-8,10-17,23,27,34,41H,5-6,9,18-22,24,37H2,1-2H3,(H,38,43)(H,39,42)/t27-,34+/m1/s1. The molecule has 5 N–H and O–H groups in total. The van der Waals surface area contributed by atoms with Gasteiger partial charge in [-0.1, -0.05) is 24.3 Å². The molecule has 1 heterocycles. The molecule has 0 bridgehead atoms. The van der Waals surface area contributed by atoms with E-state index in [1.54, 1.807) is 54.6 Å². The molecule has 0 saturated carbocycles. The van der Waals surface area contributed by atoms with Gasteiger partial charge in [0.1, 0.15) is 5.75 Å². The molecule has 0 aliphatic carbocycles. The van der Waals surface area contributed by atoms with Crippen LogP contribution in [0.2, 0.25) is 0 Å². The Morgan fingerprint density at radius 2 is 1.71 bits per heavy atom. The van der Waals surface area contributed by atoms with E-state index in [2.05, 4.69) is 10.6 Å². The van der Waals surface area contributed by atoms with E-state index in [9.17, 15) is 27.9 Å². The minimum absolute atomic E-state index is 0.0173. The topological polar surface area (TPSA) is 196 Å². The third kappa shape index (κ3) is 11.0. The maximum atomic E-state index is 13.3. The molecule has 0 fully saturated rings. The first-order valence-electron chi connectivity index (χ1n) is 16.4. The first kappa shape index (κ1) is 38.8. The molecule has 14 nitrogen and oxygen atoms in total. The van der Waals surface area contributed by atoms with Crippen molar-refractivity contribution in [2.24, 2.45) is 0 Å². The third-order valence-corrected chi connectivity index (χ3v) is 10.00. The number of aliphatic hydroxyl groups excluding tert-OH is 1. The fraction of sp³-hybridized carbons (Fsp3) is 0.361. The molecule has 0 spiro atoms. The van der Waals surface area contributed by atoms with E-state index in [0.29, 0.717) is 42.0 Å². The van der Waals surface area contributed by atoms with Crippen molar-refractivity contribution in [2.45, 2.75) is 42.8 Å². The molecule has 0 aromatic heterocycles. The van der Waals surface area contributed by atoms with Crippen LogP contribution in [0.5, 0.6) is 5.75 Å². The summed E-state index contributed by atoms with van der Waals surface area (Å²) in [6, 6.07) is 19.6. The number of unbranched alkanes of at least 4 members (excludes halogenated alkanes) is 1. The molecule has 2 amide bonds. The molecule has 0 radical (unpaired) electrons. The smallest absolute Gasteiger partial charge is 0.337 e. The Hall–Kier alpha value is -4.96. The van der Waals surface area contributed by atoms with E-state index in [0.717, 1.165) is 9.87 Å². The van der Waals surface area contributed by atoms with Crippen LogP contribution in [-0.2, 0) is 33.8 Å². The Morgan fingerprint density at radius 1 is 0.980 bits per heavy atom. The van der Waals surface area contributed by atoms with Crippen molar-refractivity contribution in [2.75, 3.05) is 58.1 Å². The van der Waals surface area contributed by atoms with Gasteiger partial charge >= 0.3 is 5.97 Å². The number of nitrogen functional groups attached to an aromatic ring is 1. The van der Waals surface area contributed by atoms with Crippen LogP contribution in [0.15, 0.2) is 89.5 Å². The summed E-state index contributed by atoms with van der Waals surface area (Å²) in [6.07, 6.45) is 2.33. The van der Waals surface area contributed by atoms with E-state index in [4.69, 9.17) is 24.7 Å². The number of esters is 1. The van der Waals surface area contributed by atoms with Crippen molar-refractivity contribution >= 4 is 39.2 Å². The number of carbonyl (C=O) groups excluding carboxylic acids is 3. The second-order valence-electron chi connectivity index (χ2n) is 11.6. The average Bonchev–Trinajstić information content (AvgIpc) is 3.14. The molecule has 4 rings (SSSR count). The van der Waals surface area contributed by atoms with Crippen molar-refractivity contribution in [1.82, 2.24) is 9.62 Å². The number of allylic oxidation sites excluding steroid dienone is 1. The molecule has 0 unspecified atom stereocenters. The van der Waals surface area contributed by atoms with Gasteiger partial charge in [-0.25, -0.2) is 13.2 Å². The zero-order valence-electron chi connectivity index (χ0n) is 28.6. The summed E-state index contributed by atoms with van der Waals surface area (Å²) in [5.41, 5.74) is 8.06. The average molecular weight is 725 g/mol.